The highest BCUT2D eigenvalue weighted by molar-refractivity contribution is 6.30. The SMILES string of the molecule is COC(=O)CC1COc2cc(OCc3cc(Cl)cc4c3OC(F)(F)O4)ccc21. The first-order valence-electron chi connectivity index (χ1n) is 8.39. The van der Waals surface area contributed by atoms with Crippen molar-refractivity contribution in [3.05, 3.63) is 46.5 Å². The van der Waals surface area contributed by atoms with E-state index >= 15 is 0 Å². The van der Waals surface area contributed by atoms with E-state index in [1.54, 1.807) is 18.2 Å². The summed E-state index contributed by atoms with van der Waals surface area (Å²) in [6, 6.07) is 7.94. The van der Waals surface area contributed by atoms with Gasteiger partial charge in [-0.05, 0) is 12.1 Å². The first kappa shape index (κ1) is 18.6. The van der Waals surface area contributed by atoms with Gasteiger partial charge in [0.25, 0.3) is 0 Å². The molecule has 0 aliphatic carbocycles. The molecule has 0 amide bonds. The maximum Gasteiger partial charge on any atom is 0.586 e. The molecule has 148 valence electrons. The number of hydrogen-bond donors (Lipinski definition) is 0. The Kier molecular flexibility index (Phi) is 4.66. The Morgan fingerprint density at radius 1 is 1.25 bits per heavy atom. The van der Waals surface area contributed by atoms with Gasteiger partial charge in [0, 0.05) is 34.2 Å². The second-order valence-electron chi connectivity index (χ2n) is 6.34. The first-order valence-corrected chi connectivity index (χ1v) is 8.77. The summed E-state index contributed by atoms with van der Waals surface area (Å²) in [5.74, 6) is 0.436. The van der Waals surface area contributed by atoms with E-state index in [-0.39, 0.29) is 41.4 Å². The van der Waals surface area contributed by atoms with Crippen molar-refractivity contribution in [2.24, 2.45) is 0 Å². The van der Waals surface area contributed by atoms with Crippen LogP contribution in [0.1, 0.15) is 23.5 Å². The number of benzene rings is 2. The van der Waals surface area contributed by atoms with E-state index in [4.69, 9.17) is 25.8 Å². The van der Waals surface area contributed by atoms with Crippen LogP contribution in [0.15, 0.2) is 30.3 Å². The molecule has 9 heteroatoms. The van der Waals surface area contributed by atoms with E-state index in [2.05, 4.69) is 9.47 Å². The van der Waals surface area contributed by atoms with Crippen LogP contribution in [-0.4, -0.2) is 26.0 Å². The normalized spacial score (nSPS) is 18.4. The Bertz CT molecular complexity index is 933. The average Bonchev–Trinajstić information content (AvgIpc) is 3.18. The standard InChI is InChI=1S/C19H15ClF2O6/c1-24-17(23)5-10-8-26-15-7-13(2-3-14(10)15)25-9-11-4-12(20)6-16-18(11)28-19(21,22)27-16/h2-4,6-7,10H,5,8-9H2,1H3. The van der Waals surface area contributed by atoms with Crippen molar-refractivity contribution < 1.29 is 37.3 Å². The minimum absolute atomic E-state index is 0.0628. The minimum Gasteiger partial charge on any atom is -0.492 e. The predicted molar refractivity (Wildman–Crippen MR) is 93.3 cm³/mol. The first-order chi connectivity index (χ1) is 13.3. The van der Waals surface area contributed by atoms with Crippen molar-refractivity contribution in [1.29, 1.82) is 0 Å². The van der Waals surface area contributed by atoms with Crippen molar-refractivity contribution >= 4 is 17.6 Å². The van der Waals surface area contributed by atoms with Gasteiger partial charge in [0.05, 0.1) is 20.1 Å². The van der Waals surface area contributed by atoms with Crippen molar-refractivity contribution in [3.63, 3.8) is 0 Å². The van der Waals surface area contributed by atoms with E-state index in [0.29, 0.717) is 23.7 Å². The highest BCUT2D eigenvalue weighted by atomic mass is 35.5. The van der Waals surface area contributed by atoms with Crippen LogP contribution in [0, 0.1) is 0 Å². The number of fused-ring (bicyclic) bond motifs is 2. The number of carbonyl (C=O) groups is 1. The third-order valence-electron chi connectivity index (χ3n) is 4.45. The van der Waals surface area contributed by atoms with Crippen LogP contribution in [0.2, 0.25) is 5.02 Å². The molecule has 0 saturated carbocycles. The maximum absolute atomic E-state index is 13.3. The largest absolute Gasteiger partial charge is 0.586 e. The second kappa shape index (κ2) is 7.01. The van der Waals surface area contributed by atoms with Crippen LogP contribution >= 0.6 is 11.6 Å². The number of hydrogen-bond acceptors (Lipinski definition) is 6. The summed E-state index contributed by atoms with van der Waals surface area (Å²) in [4.78, 5) is 11.5. The van der Waals surface area contributed by atoms with Crippen molar-refractivity contribution in [2.45, 2.75) is 25.2 Å². The number of halogens is 3. The Balaban J connectivity index is 1.48. The molecule has 0 saturated heterocycles. The van der Waals surface area contributed by atoms with E-state index in [0.717, 1.165) is 5.56 Å². The molecule has 0 spiro atoms. The zero-order valence-electron chi connectivity index (χ0n) is 14.7. The monoisotopic (exact) mass is 412 g/mol. The predicted octanol–water partition coefficient (Wildman–Crippen LogP) is 4.28. The van der Waals surface area contributed by atoms with Gasteiger partial charge < -0.3 is 23.7 Å². The fourth-order valence-electron chi connectivity index (χ4n) is 3.15. The molecule has 0 bridgehead atoms. The molecule has 0 N–H and O–H groups in total. The Labute approximate surface area is 163 Å². The summed E-state index contributed by atoms with van der Waals surface area (Å²) in [5, 5.41) is 0.224. The van der Waals surface area contributed by atoms with E-state index in [1.165, 1.54) is 19.2 Å². The highest BCUT2D eigenvalue weighted by Gasteiger charge is 2.44. The van der Waals surface area contributed by atoms with Gasteiger partial charge in [-0.25, -0.2) is 0 Å². The summed E-state index contributed by atoms with van der Waals surface area (Å²) in [6.07, 6.45) is -3.51. The fraction of sp³-hybridized carbons (Fsp3) is 0.316. The lowest BCUT2D eigenvalue weighted by Gasteiger charge is -2.11. The molecule has 0 aromatic heterocycles. The number of esters is 1. The Hall–Kier alpha value is -2.74. The van der Waals surface area contributed by atoms with Crippen molar-refractivity contribution in [2.75, 3.05) is 13.7 Å². The molecule has 2 aliphatic rings. The second-order valence-corrected chi connectivity index (χ2v) is 6.77. The minimum atomic E-state index is -3.74. The number of carbonyl (C=O) groups excluding carboxylic acids is 1. The fourth-order valence-corrected chi connectivity index (χ4v) is 3.38. The van der Waals surface area contributed by atoms with Gasteiger partial charge >= 0.3 is 12.3 Å². The van der Waals surface area contributed by atoms with Crippen LogP contribution in [0.5, 0.6) is 23.0 Å². The molecule has 1 unspecified atom stereocenters. The van der Waals surface area contributed by atoms with Gasteiger partial charge in [-0.3, -0.25) is 4.79 Å². The molecule has 4 rings (SSSR count). The summed E-state index contributed by atoms with van der Waals surface area (Å²) < 4.78 is 51.6. The quantitative estimate of drug-likeness (QED) is 0.683. The highest BCUT2D eigenvalue weighted by Crippen LogP contribution is 2.45. The third kappa shape index (κ3) is 3.64. The molecular weight excluding hydrogens is 398 g/mol. The third-order valence-corrected chi connectivity index (χ3v) is 4.66. The Morgan fingerprint density at radius 2 is 2.07 bits per heavy atom. The van der Waals surface area contributed by atoms with Gasteiger partial charge in [0.1, 0.15) is 18.1 Å². The van der Waals surface area contributed by atoms with Gasteiger partial charge in [-0.1, -0.05) is 17.7 Å². The van der Waals surface area contributed by atoms with Crippen LogP contribution in [0.4, 0.5) is 8.78 Å². The maximum atomic E-state index is 13.3. The van der Waals surface area contributed by atoms with E-state index in [1.807, 2.05) is 0 Å². The summed E-state index contributed by atoms with van der Waals surface area (Å²) in [6.45, 7) is 0.308. The number of rotatable bonds is 5. The molecule has 2 aliphatic heterocycles. The lowest BCUT2D eigenvalue weighted by atomic mass is 9.98. The number of methoxy groups -OCH3 is 1. The number of alkyl halides is 2. The molecule has 0 radical (unpaired) electrons. The van der Waals surface area contributed by atoms with Gasteiger partial charge in [-0.2, -0.15) is 0 Å². The molecule has 0 fully saturated rings. The summed E-state index contributed by atoms with van der Waals surface area (Å²) in [7, 11) is 1.34. The number of ether oxygens (including phenoxy) is 5. The lowest BCUT2D eigenvalue weighted by Crippen LogP contribution is -2.26. The Morgan fingerprint density at radius 3 is 2.86 bits per heavy atom. The van der Waals surface area contributed by atoms with Gasteiger partial charge in [0.15, 0.2) is 11.5 Å². The van der Waals surface area contributed by atoms with Gasteiger partial charge in [0.2, 0.25) is 0 Å². The van der Waals surface area contributed by atoms with Crippen molar-refractivity contribution in [1.82, 2.24) is 0 Å². The molecule has 2 aromatic carbocycles. The molecule has 2 heterocycles. The molecular formula is C19H15ClF2O6. The molecule has 6 nitrogen and oxygen atoms in total. The van der Waals surface area contributed by atoms with Crippen LogP contribution < -0.4 is 18.9 Å². The molecule has 1 atom stereocenters. The molecule has 28 heavy (non-hydrogen) atoms. The van der Waals surface area contributed by atoms with Gasteiger partial charge in [-0.15, -0.1) is 8.78 Å². The van der Waals surface area contributed by atoms with Crippen LogP contribution in [0.3, 0.4) is 0 Å². The zero-order chi connectivity index (χ0) is 19.9. The van der Waals surface area contributed by atoms with Crippen molar-refractivity contribution in [3.8, 4) is 23.0 Å². The molecule has 2 aromatic rings. The van der Waals surface area contributed by atoms with E-state index < -0.39 is 6.29 Å². The topological polar surface area (TPSA) is 63.2 Å². The summed E-state index contributed by atoms with van der Waals surface area (Å²) in [5.41, 5.74) is 1.21. The van der Waals surface area contributed by atoms with Crippen LogP contribution in [0.25, 0.3) is 0 Å². The van der Waals surface area contributed by atoms with E-state index in [9.17, 15) is 13.6 Å². The zero-order valence-corrected chi connectivity index (χ0v) is 15.4. The average molecular weight is 413 g/mol. The lowest BCUT2D eigenvalue weighted by molar-refractivity contribution is -0.287. The smallest absolute Gasteiger partial charge is 0.492 e. The van der Waals surface area contributed by atoms with Crippen LogP contribution in [-0.2, 0) is 16.1 Å². The summed E-state index contributed by atoms with van der Waals surface area (Å²) >= 11 is 5.96.